The smallest absolute Gasteiger partial charge is 0.227 e. The second-order valence-electron chi connectivity index (χ2n) is 5.35. The molecule has 2 rings (SSSR count). The van der Waals surface area contributed by atoms with E-state index in [4.69, 9.17) is 4.74 Å². The van der Waals surface area contributed by atoms with E-state index in [0.717, 1.165) is 0 Å². The van der Waals surface area contributed by atoms with Crippen LogP contribution in [0.3, 0.4) is 0 Å². The van der Waals surface area contributed by atoms with Crippen molar-refractivity contribution >= 4 is 5.91 Å². The number of rotatable bonds is 5. The van der Waals surface area contributed by atoms with E-state index in [1.165, 1.54) is 18.2 Å². The molecule has 0 bridgehead atoms. The molecule has 0 spiro atoms. The molecule has 0 aromatic heterocycles. The van der Waals surface area contributed by atoms with Crippen LogP contribution in [-0.4, -0.2) is 38.3 Å². The van der Waals surface area contributed by atoms with E-state index >= 15 is 0 Å². The molecular formula is C15H20F2N2O2. The Kier molecular flexibility index (Phi) is 5.25. The van der Waals surface area contributed by atoms with Crippen LogP contribution in [-0.2, 0) is 16.0 Å². The lowest BCUT2D eigenvalue weighted by Gasteiger charge is -2.20. The zero-order chi connectivity index (χ0) is 15.4. The molecule has 1 aromatic rings. The number of amides is 1. The Hall–Kier alpha value is -1.53. The summed E-state index contributed by atoms with van der Waals surface area (Å²) in [6.45, 7) is 2.58. The van der Waals surface area contributed by atoms with E-state index in [2.05, 4.69) is 10.6 Å². The van der Waals surface area contributed by atoms with Crippen molar-refractivity contribution in [1.82, 2.24) is 10.6 Å². The zero-order valence-corrected chi connectivity index (χ0v) is 12.2. The van der Waals surface area contributed by atoms with E-state index in [9.17, 15) is 13.6 Å². The van der Waals surface area contributed by atoms with Gasteiger partial charge >= 0.3 is 0 Å². The average Bonchev–Trinajstić information content (AvgIpc) is 2.91. The third-order valence-electron chi connectivity index (χ3n) is 3.75. The minimum absolute atomic E-state index is 0.00172. The summed E-state index contributed by atoms with van der Waals surface area (Å²) in [5, 5.41) is 5.83. The van der Waals surface area contributed by atoms with Crippen molar-refractivity contribution in [2.24, 2.45) is 5.92 Å². The van der Waals surface area contributed by atoms with Crippen molar-refractivity contribution in [3.63, 3.8) is 0 Å². The average molecular weight is 298 g/mol. The molecule has 4 nitrogen and oxygen atoms in total. The number of likely N-dealkylation sites (N-methyl/N-ethyl adjacent to an activating group) is 1. The van der Waals surface area contributed by atoms with E-state index < -0.39 is 11.6 Å². The molecular weight excluding hydrogens is 278 g/mol. The van der Waals surface area contributed by atoms with Gasteiger partial charge in [-0.2, -0.15) is 0 Å². The van der Waals surface area contributed by atoms with E-state index in [-0.39, 0.29) is 35.9 Å². The summed E-state index contributed by atoms with van der Waals surface area (Å²) in [4.78, 5) is 12.2. The Bertz CT molecular complexity index is 490. The third-order valence-corrected chi connectivity index (χ3v) is 3.75. The molecule has 3 unspecified atom stereocenters. The molecule has 21 heavy (non-hydrogen) atoms. The number of nitrogens with one attached hydrogen (secondary N) is 2. The van der Waals surface area contributed by atoms with E-state index in [0.29, 0.717) is 13.2 Å². The number of carbonyl (C=O) groups excluding carboxylic acids is 1. The minimum Gasteiger partial charge on any atom is -0.379 e. The van der Waals surface area contributed by atoms with E-state index in [1.807, 2.05) is 0 Å². The first-order valence-corrected chi connectivity index (χ1v) is 7.01. The first-order valence-electron chi connectivity index (χ1n) is 7.01. The lowest BCUT2D eigenvalue weighted by Crippen LogP contribution is -2.45. The maximum absolute atomic E-state index is 13.6. The van der Waals surface area contributed by atoms with Gasteiger partial charge in [-0.05, 0) is 32.5 Å². The Morgan fingerprint density at radius 3 is 2.67 bits per heavy atom. The Labute approximate surface area is 122 Å². The summed E-state index contributed by atoms with van der Waals surface area (Å²) >= 11 is 0. The fourth-order valence-corrected chi connectivity index (χ4v) is 2.53. The van der Waals surface area contributed by atoms with Crippen LogP contribution < -0.4 is 10.6 Å². The molecule has 0 aliphatic carbocycles. The molecule has 1 amide bonds. The first-order chi connectivity index (χ1) is 10.0. The summed E-state index contributed by atoms with van der Waals surface area (Å²) in [5.41, 5.74) is -0.00172. The molecule has 0 radical (unpaired) electrons. The third kappa shape index (κ3) is 3.77. The highest BCUT2D eigenvalue weighted by atomic mass is 19.1. The Morgan fingerprint density at radius 1 is 1.38 bits per heavy atom. The number of halogens is 2. The molecule has 0 saturated carbocycles. The van der Waals surface area contributed by atoms with Crippen LogP contribution in [0.1, 0.15) is 12.5 Å². The van der Waals surface area contributed by atoms with Crippen LogP contribution in [0.25, 0.3) is 0 Å². The van der Waals surface area contributed by atoms with Crippen LogP contribution in [0.15, 0.2) is 18.2 Å². The normalized spacial score (nSPS) is 23.0. The van der Waals surface area contributed by atoms with Gasteiger partial charge in [0.25, 0.3) is 0 Å². The molecule has 3 atom stereocenters. The largest absolute Gasteiger partial charge is 0.379 e. The molecule has 6 heteroatoms. The van der Waals surface area contributed by atoms with Gasteiger partial charge in [-0.1, -0.05) is 6.07 Å². The highest BCUT2D eigenvalue weighted by molar-refractivity contribution is 5.80. The monoisotopic (exact) mass is 298 g/mol. The lowest BCUT2D eigenvalue weighted by molar-refractivity contribution is -0.126. The Balaban J connectivity index is 1.95. The fourth-order valence-electron chi connectivity index (χ4n) is 2.53. The molecule has 1 fully saturated rings. The molecule has 1 aliphatic heterocycles. The molecule has 2 N–H and O–H groups in total. The summed E-state index contributed by atoms with van der Waals surface area (Å²) in [6, 6.07) is 3.37. The van der Waals surface area contributed by atoms with Gasteiger partial charge in [0.1, 0.15) is 11.6 Å². The summed E-state index contributed by atoms with van der Waals surface area (Å²) in [6.07, 6.45) is 0.113. The van der Waals surface area contributed by atoms with Gasteiger partial charge in [0.15, 0.2) is 0 Å². The number of hydrogen-bond donors (Lipinski definition) is 2. The predicted molar refractivity (Wildman–Crippen MR) is 74.8 cm³/mol. The second-order valence-corrected chi connectivity index (χ2v) is 5.35. The topological polar surface area (TPSA) is 50.4 Å². The molecule has 1 aromatic carbocycles. The number of hydrogen-bond acceptors (Lipinski definition) is 3. The standard InChI is InChI=1S/C15H20F2N2O2/c1-9(6-10-12(16)4-3-5-13(10)17)19-15(20)11-7-21-8-14(11)18-2/h3-5,9,11,14,18H,6-8H2,1-2H3,(H,19,20). The van der Waals surface area contributed by atoms with Gasteiger partial charge < -0.3 is 15.4 Å². The van der Waals surface area contributed by atoms with Crippen LogP contribution in [0, 0.1) is 17.6 Å². The SMILES string of the molecule is CNC1COCC1C(=O)NC(C)Cc1c(F)cccc1F. The number of carbonyl (C=O) groups is 1. The maximum atomic E-state index is 13.6. The van der Waals surface area contributed by atoms with E-state index in [1.54, 1.807) is 14.0 Å². The fraction of sp³-hybridized carbons (Fsp3) is 0.533. The lowest BCUT2D eigenvalue weighted by atomic mass is 10.0. The molecule has 1 saturated heterocycles. The highest BCUT2D eigenvalue weighted by Crippen LogP contribution is 2.16. The predicted octanol–water partition coefficient (Wildman–Crippen LogP) is 1.25. The van der Waals surface area contributed by atoms with Gasteiger partial charge in [-0.3, -0.25) is 4.79 Å². The maximum Gasteiger partial charge on any atom is 0.227 e. The van der Waals surface area contributed by atoms with Crippen molar-refractivity contribution in [2.45, 2.75) is 25.4 Å². The molecule has 1 heterocycles. The van der Waals surface area contributed by atoms with Crippen molar-refractivity contribution in [1.29, 1.82) is 0 Å². The molecule has 1 aliphatic rings. The van der Waals surface area contributed by atoms with Crippen LogP contribution >= 0.6 is 0 Å². The second kappa shape index (κ2) is 6.95. The van der Waals surface area contributed by atoms with Crippen molar-refractivity contribution in [2.75, 3.05) is 20.3 Å². The quantitative estimate of drug-likeness (QED) is 0.860. The van der Waals surface area contributed by atoms with Crippen LogP contribution in [0.4, 0.5) is 8.78 Å². The van der Waals surface area contributed by atoms with Crippen molar-refractivity contribution < 1.29 is 18.3 Å². The van der Waals surface area contributed by atoms with Crippen LogP contribution in [0.5, 0.6) is 0 Å². The van der Waals surface area contributed by atoms with Crippen molar-refractivity contribution in [3.05, 3.63) is 35.4 Å². The number of benzene rings is 1. The van der Waals surface area contributed by atoms with Gasteiger partial charge in [0, 0.05) is 17.6 Å². The summed E-state index contributed by atoms with van der Waals surface area (Å²) in [7, 11) is 1.78. The van der Waals surface area contributed by atoms with Crippen LogP contribution in [0.2, 0.25) is 0 Å². The highest BCUT2D eigenvalue weighted by Gasteiger charge is 2.33. The summed E-state index contributed by atoms with van der Waals surface area (Å²) < 4.78 is 32.4. The molecule has 116 valence electrons. The Morgan fingerprint density at radius 2 is 2.05 bits per heavy atom. The van der Waals surface area contributed by atoms with Gasteiger partial charge in [0.05, 0.1) is 19.1 Å². The van der Waals surface area contributed by atoms with Gasteiger partial charge in [0.2, 0.25) is 5.91 Å². The first kappa shape index (κ1) is 15.9. The van der Waals surface area contributed by atoms with Gasteiger partial charge in [-0.15, -0.1) is 0 Å². The number of ether oxygens (including phenoxy) is 1. The van der Waals surface area contributed by atoms with Gasteiger partial charge in [-0.25, -0.2) is 8.78 Å². The zero-order valence-electron chi connectivity index (χ0n) is 12.2. The minimum atomic E-state index is -0.589. The van der Waals surface area contributed by atoms with Crippen molar-refractivity contribution in [3.8, 4) is 0 Å². The summed E-state index contributed by atoms with van der Waals surface area (Å²) in [5.74, 6) is -1.61.